The van der Waals surface area contributed by atoms with Crippen LogP contribution in [0.25, 0.3) is 33.6 Å². The zero-order valence-corrected chi connectivity index (χ0v) is 34.1. The van der Waals surface area contributed by atoms with Gasteiger partial charge in [0.25, 0.3) is 0 Å². The summed E-state index contributed by atoms with van der Waals surface area (Å²) in [5, 5.41) is 6.81. The molecule has 4 N–H and O–H groups in total. The molecule has 3 aromatic heterocycles. The lowest BCUT2D eigenvalue weighted by Crippen LogP contribution is -2.54. The van der Waals surface area contributed by atoms with Crippen molar-refractivity contribution >= 4 is 29.7 Å². The number of nitrogens with one attached hydrogen (secondary N) is 4. The normalized spacial score (nSPS) is 22.1. The molecule has 3 aliphatic rings. The van der Waals surface area contributed by atoms with E-state index < -0.39 is 18.2 Å². The average molecular weight is 803 g/mol. The molecule has 2 saturated carbocycles. The molecule has 302 valence electrons. The third-order valence-corrected chi connectivity index (χ3v) is 13.1. The number of nitrogens with zero attached hydrogens (tertiary/aromatic N) is 4. The Morgan fingerprint density at radius 1 is 0.862 bits per heavy atom. The lowest BCUT2D eigenvalue weighted by atomic mass is 9.78. The van der Waals surface area contributed by atoms with Gasteiger partial charge in [0, 0.05) is 37.9 Å². The molecule has 7 atom stereocenters. The van der Waals surface area contributed by atoms with E-state index in [1.807, 2.05) is 24.6 Å². The van der Waals surface area contributed by atoms with E-state index in [2.05, 4.69) is 79.1 Å². The number of imidazole rings is 2. The predicted molar refractivity (Wildman–Crippen MR) is 221 cm³/mol. The molecule has 4 heterocycles. The highest BCUT2D eigenvalue weighted by Crippen LogP contribution is 2.56. The van der Waals surface area contributed by atoms with Gasteiger partial charge in [0.2, 0.25) is 11.8 Å². The molecule has 2 bridgehead atoms. The third-order valence-electron chi connectivity index (χ3n) is 12.4. The molecule has 3 unspecified atom stereocenters. The van der Waals surface area contributed by atoms with E-state index in [0.29, 0.717) is 30.7 Å². The largest absolute Gasteiger partial charge is 0.453 e. The first kappa shape index (κ1) is 39.4. The lowest BCUT2D eigenvalue weighted by Gasteiger charge is -2.30. The number of benzene rings is 2. The minimum Gasteiger partial charge on any atom is -0.453 e. The Bertz CT molecular complexity index is 2240. The van der Waals surface area contributed by atoms with Gasteiger partial charge in [-0.3, -0.25) is 9.59 Å². The zero-order valence-electron chi connectivity index (χ0n) is 33.2. The van der Waals surface area contributed by atoms with Crippen LogP contribution in [0.4, 0.5) is 4.79 Å². The van der Waals surface area contributed by atoms with E-state index in [4.69, 9.17) is 14.5 Å². The number of carbonyl (C=O) groups excluding carboxylic acids is 3. The van der Waals surface area contributed by atoms with Crippen molar-refractivity contribution in [3.63, 3.8) is 0 Å². The highest BCUT2D eigenvalue weighted by molar-refractivity contribution is 7.98. The van der Waals surface area contributed by atoms with Crippen LogP contribution in [-0.4, -0.2) is 86.9 Å². The van der Waals surface area contributed by atoms with E-state index in [-0.39, 0.29) is 29.7 Å². The molecule has 5 aromatic rings. The first-order valence-electron chi connectivity index (χ1n) is 20.0. The molecule has 3 fully saturated rings. The molecular weight excluding hydrogens is 753 g/mol. The second-order valence-electron chi connectivity index (χ2n) is 15.5. The Morgan fingerprint density at radius 2 is 1.50 bits per heavy atom. The van der Waals surface area contributed by atoms with Crippen LogP contribution in [0.2, 0.25) is 0 Å². The number of alkyl carbamates (subject to hydrolysis) is 1. The molecule has 3 amide bonds. The number of H-pyrrole nitrogens is 2. The summed E-state index contributed by atoms with van der Waals surface area (Å²) in [4.78, 5) is 62.2. The SMILES string of the molecule is COC(=O)N[C@H](C(=O)N1CCC[C@H]1c1ncc(-c2ccc(-c3ccc(-c4cnc([C@@H]5C6CCC(C6)C5C(=O)NCc5cccnc5SC)[nH]4)cc3)cc2)[nH]1)[C@@H](C)OC. The van der Waals surface area contributed by atoms with Crippen LogP contribution in [0.1, 0.15) is 68.2 Å². The summed E-state index contributed by atoms with van der Waals surface area (Å²) in [6.45, 7) is 2.77. The molecule has 58 heavy (non-hydrogen) atoms. The van der Waals surface area contributed by atoms with Crippen molar-refractivity contribution in [3.8, 4) is 33.6 Å². The van der Waals surface area contributed by atoms with Gasteiger partial charge in [-0.25, -0.2) is 19.7 Å². The number of hydrogen-bond donors (Lipinski definition) is 4. The molecule has 13 nitrogen and oxygen atoms in total. The number of aromatic nitrogens is 5. The van der Waals surface area contributed by atoms with Crippen LogP contribution in [0, 0.1) is 17.8 Å². The summed E-state index contributed by atoms with van der Waals surface area (Å²) < 4.78 is 10.2. The summed E-state index contributed by atoms with van der Waals surface area (Å²) in [6.07, 6.45) is 11.1. The summed E-state index contributed by atoms with van der Waals surface area (Å²) in [5.41, 5.74) is 7.02. The Kier molecular flexibility index (Phi) is 11.7. The molecule has 14 heteroatoms. The fourth-order valence-corrected chi connectivity index (χ4v) is 9.86. The van der Waals surface area contributed by atoms with Gasteiger partial charge >= 0.3 is 6.09 Å². The van der Waals surface area contributed by atoms with Gasteiger partial charge in [0.05, 0.1) is 49.0 Å². The highest BCUT2D eigenvalue weighted by atomic mass is 32.2. The molecule has 1 saturated heterocycles. The maximum absolute atomic E-state index is 13.7. The lowest BCUT2D eigenvalue weighted by molar-refractivity contribution is -0.137. The smallest absolute Gasteiger partial charge is 0.407 e. The maximum Gasteiger partial charge on any atom is 0.407 e. The Morgan fingerprint density at radius 3 is 2.16 bits per heavy atom. The molecule has 2 aromatic carbocycles. The van der Waals surface area contributed by atoms with Gasteiger partial charge in [0.1, 0.15) is 22.7 Å². The third kappa shape index (κ3) is 7.87. The number of likely N-dealkylation sites (tertiary alicyclic amines) is 1. The summed E-state index contributed by atoms with van der Waals surface area (Å²) in [6, 6.07) is 19.6. The van der Waals surface area contributed by atoms with Gasteiger partial charge in [-0.15, -0.1) is 11.8 Å². The Balaban J connectivity index is 0.916. The van der Waals surface area contributed by atoms with Crippen molar-refractivity contribution in [2.24, 2.45) is 17.8 Å². The number of aromatic amines is 2. The predicted octanol–water partition coefficient (Wildman–Crippen LogP) is 7.12. The molecule has 1 aliphatic heterocycles. The summed E-state index contributed by atoms with van der Waals surface area (Å²) in [5.74, 6) is 2.31. The fourth-order valence-electron chi connectivity index (χ4n) is 9.29. The number of rotatable bonds is 13. The van der Waals surface area contributed by atoms with Crippen LogP contribution in [0.15, 0.2) is 84.3 Å². The van der Waals surface area contributed by atoms with E-state index in [9.17, 15) is 14.4 Å². The van der Waals surface area contributed by atoms with Crippen molar-refractivity contribution in [2.75, 3.05) is 27.0 Å². The molecule has 0 spiro atoms. The fraction of sp³-hybridized carbons (Fsp3) is 0.409. The minimum absolute atomic E-state index is 0.0807. The molecule has 2 aliphatic carbocycles. The first-order valence-corrected chi connectivity index (χ1v) is 21.2. The van der Waals surface area contributed by atoms with Crippen molar-refractivity contribution in [2.45, 2.75) is 74.7 Å². The zero-order chi connectivity index (χ0) is 40.3. The van der Waals surface area contributed by atoms with Crippen LogP contribution < -0.4 is 10.6 Å². The Labute approximate surface area is 342 Å². The van der Waals surface area contributed by atoms with Crippen molar-refractivity contribution in [1.29, 1.82) is 0 Å². The van der Waals surface area contributed by atoms with E-state index in [1.165, 1.54) is 14.2 Å². The Hall–Kier alpha value is -5.47. The standard InChI is InChI=1S/C44H50N8O5S/c1-25(56-2)38(51-44(55)57-3)43(54)52-20-6-8-35(52)39-46-23-33(49-39)28-13-9-26(10-14-28)27-11-15-29(16-12-27)34-24-47-40(50-34)36-30-17-18-31(21-30)37(36)41(53)48-22-32-7-5-19-45-42(32)58-4/h5,7,9-16,19,23-25,30-31,35-38H,6,8,17-18,20-22H2,1-4H3,(H,46,49)(H,47,50)(H,48,53)(H,51,55)/t25-,30?,31?,35+,36-,37?,38+/m1/s1. The van der Waals surface area contributed by atoms with E-state index in [1.54, 1.807) is 36.0 Å². The number of fused-ring (bicyclic) bond motifs is 2. The highest BCUT2D eigenvalue weighted by Gasteiger charge is 2.52. The number of hydrogen-bond acceptors (Lipinski definition) is 9. The van der Waals surface area contributed by atoms with Gasteiger partial charge in [-0.1, -0.05) is 54.6 Å². The second-order valence-corrected chi connectivity index (χ2v) is 16.3. The summed E-state index contributed by atoms with van der Waals surface area (Å²) >= 11 is 1.59. The van der Waals surface area contributed by atoms with Crippen LogP contribution in [-0.2, 0) is 25.6 Å². The van der Waals surface area contributed by atoms with Crippen molar-refractivity contribution < 1.29 is 23.9 Å². The van der Waals surface area contributed by atoms with Crippen LogP contribution >= 0.6 is 11.8 Å². The number of thioether (sulfide) groups is 1. The maximum atomic E-state index is 13.7. The molecule has 0 radical (unpaired) electrons. The average Bonchev–Trinajstić information content (AvgIpc) is 4.13. The molecular formula is C44H50N8O5S. The number of amides is 3. The van der Waals surface area contributed by atoms with Crippen LogP contribution in [0.3, 0.4) is 0 Å². The van der Waals surface area contributed by atoms with Gasteiger partial charge in [-0.2, -0.15) is 0 Å². The number of ether oxygens (including phenoxy) is 2. The van der Waals surface area contributed by atoms with Crippen LogP contribution in [0.5, 0.6) is 0 Å². The van der Waals surface area contributed by atoms with E-state index >= 15 is 0 Å². The van der Waals surface area contributed by atoms with Gasteiger partial charge in [0.15, 0.2) is 0 Å². The number of pyridine rings is 1. The van der Waals surface area contributed by atoms with E-state index in [0.717, 1.165) is 82.2 Å². The summed E-state index contributed by atoms with van der Waals surface area (Å²) in [7, 11) is 2.77. The number of carbonyl (C=O) groups is 3. The van der Waals surface area contributed by atoms with Crippen molar-refractivity contribution in [1.82, 2.24) is 40.5 Å². The number of methoxy groups -OCH3 is 2. The second kappa shape index (κ2) is 17.2. The monoisotopic (exact) mass is 802 g/mol. The van der Waals surface area contributed by atoms with Gasteiger partial charge < -0.3 is 35.0 Å². The van der Waals surface area contributed by atoms with Gasteiger partial charge in [-0.05, 0) is 85.4 Å². The topological polar surface area (TPSA) is 167 Å². The molecule has 8 rings (SSSR count). The quantitative estimate of drug-likeness (QED) is 0.0907. The first-order chi connectivity index (χ1) is 28.3. The van der Waals surface area contributed by atoms with Crippen molar-refractivity contribution in [3.05, 3.63) is 96.5 Å². The minimum atomic E-state index is -0.886.